The van der Waals surface area contributed by atoms with E-state index in [0.717, 1.165) is 4.90 Å². The van der Waals surface area contributed by atoms with Crippen LogP contribution in [-0.4, -0.2) is 49.0 Å². The zero-order valence-corrected chi connectivity index (χ0v) is 18.5. The van der Waals surface area contributed by atoms with Crippen LogP contribution in [0.3, 0.4) is 0 Å². The number of para-hydroxylation sites is 2. The summed E-state index contributed by atoms with van der Waals surface area (Å²) < 4.78 is 0. The lowest BCUT2D eigenvalue weighted by molar-refractivity contribution is -0.134. The Hall–Kier alpha value is -3.31. The second-order valence-corrected chi connectivity index (χ2v) is 7.64. The predicted octanol–water partition coefficient (Wildman–Crippen LogP) is 3.53. The van der Waals surface area contributed by atoms with Gasteiger partial charge in [0.15, 0.2) is 0 Å². The number of thioether (sulfide) groups is 1. The lowest BCUT2D eigenvalue weighted by Crippen LogP contribution is -2.36. The van der Waals surface area contributed by atoms with Crippen LogP contribution in [-0.2, 0) is 14.4 Å². The maximum atomic E-state index is 12.7. The fourth-order valence-electron chi connectivity index (χ4n) is 2.95. The fraction of sp³-hybridized carbons (Fsp3) is 0.304. The number of hydrogen-bond donors (Lipinski definition) is 1. The minimum atomic E-state index is -0.302. The molecule has 0 unspecified atom stereocenters. The van der Waals surface area contributed by atoms with Crippen LogP contribution in [0.1, 0.15) is 19.3 Å². The summed E-state index contributed by atoms with van der Waals surface area (Å²) in [5, 5.41) is 11.7. The first kappa shape index (κ1) is 24.0. The fourth-order valence-corrected chi connectivity index (χ4v) is 3.50. The molecule has 2 rings (SSSR count). The maximum Gasteiger partial charge on any atom is 0.244 e. The SMILES string of the molecule is CSc1ccccc1NC(=O)CN(C)C(=O)CCC(=O)N(CCC#N)c1ccccc1. The van der Waals surface area contributed by atoms with E-state index in [-0.39, 0.29) is 50.1 Å². The van der Waals surface area contributed by atoms with Gasteiger partial charge in [0.2, 0.25) is 17.7 Å². The van der Waals surface area contributed by atoms with Crippen LogP contribution in [0.4, 0.5) is 11.4 Å². The van der Waals surface area contributed by atoms with Gasteiger partial charge in [0.05, 0.1) is 24.7 Å². The number of carbonyl (C=O) groups excluding carboxylic acids is 3. The molecule has 0 atom stereocenters. The van der Waals surface area contributed by atoms with E-state index in [4.69, 9.17) is 5.26 Å². The van der Waals surface area contributed by atoms with E-state index in [1.165, 1.54) is 28.6 Å². The number of amides is 3. The first-order valence-corrected chi connectivity index (χ1v) is 11.1. The van der Waals surface area contributed by atoms with Gasteiger partial charge < -0.3 is 15.1 Å². The smallest absolute Gasteiger partial charge is 0.244 e. The van der Waals surface area contributed by atoms with E-state index in [0.29, 0.717) is 11.4 Å². The Morgan fingerprint density at radius 2 is 1.65 bits per heavy atom. The van der Waals surface area contributed by atoms with Crippen molar-refractivity contribution in [3.63, 3.8) is 0 Å². The number of nitrogens with zero attached hydrogens (tertiary/aromatic N) is 3. The average molecular weight is 439 g/mol. The minimum Gasteiger partial charge on any atom is -0.336 e. The molecule has 2 aromatic rings. The van der Waals surface area contributed by atoms with Gasteiger partial charge in [0.25, 0.3) is 0 Å². The molecule has 0 fully saturated rings. The van der Waals surface area contributed by atoms with E-state index < -0.39 is 0 Å². The van der Waals surface area contributed by atoms with Crippen molar-refractivity contribution in [2.75, 3.05) is 36.6 Å². The van der Waals surface area contributed by atoms with Crippen molar-refractivity contribution in [1.29, 1.82) is 5.26 Å². The molecule has 0 spiro atoms. The van der Waals surface area contributed by atoms with Gasteiger partial charge in [0.1, 0.15) is 0 Å². The lowest BCUT2D eigenvalue weighted by Gasteiger charge is -2.22. The normalized spacial score (nSPS) is 10.1. The van der Waals surface area contributed by atoms with Crippen molar-refractivity contribution in [3.05, 3.63) is 54.6 Å². The van der Waals surface area contributed by atoms with Gasteiger partial charge in [-0.15, -0.1) is 11.8 Å². The van der Waals surface area contributed by atoms with E-state index in [1.54, 1.807) is 12.1 Å². The number of anilines is 2. The quantitative estimate of drug-likeness (QED) is 0.573. The average Bonchev–Trinajstić information content (AvgIpc) is 2.78. The lowest BCUT2D eigenvalue weighted by atomic mass is 10.2. The highest BCUT2D eigenvalue weighted by Gasteiger charge is 2.19. The molecule has 8 heteroatoms. The van der Waals surface area contributed by atoms with Crippen LogP contribution in [0.15, 0.2) is 59.5 Å². The monoisotopic (exact) mass is 438 g/mol. The largest absolute Gasteiger partial charge is 0.336 e. The second-order valence-electron chi connectivity index (χ2n) is 6.79. The minimum absolute atomic E-state index is 0.000420. The molecule has 2 aromatic carbocycles. The summed E-state index contributed by atoms with van der Waals surface area (Å²) in [6.45, 7) is 0.160. The van der Waals surface area contributed by atoms with Crippen LogP contribution < -0.4 is 10.2 Å². The third-order valence-corrected chi connectivity index (χ3v) is 5.35. The Labute approximate surface area is 187 Å². The van der Waals surface area contributed by atoms with Gasteiger partial charge in [-0.2, -0.15) is 5.26 Å². The first-order chi connectivity index (χ1) is 15.0. The molecular formula is C23H26N4O3S. The van der Waals surface area contributed by atoms with E-state index in [9.17, 15) is 14.4 Å². The Balaban J connectivity index is 1.89. The van der Waals surface area contributed by atoms with Gasteiger partial charge in [-0.1, -0.05) is 30.3 Å². The van der Waals surface area contributed by atoms with Crippen molar-refractivity contribution >= 4 is 40.9 Å². The molecule has 0 aliphatic rings. The molecule has 0 aliphatic carbocycles. The van der Waals surface area contributed by atoms with E-state index >= 15 is 0 Å². The number of hydrogen-bond acceptors (Lipinski definition) is 5. The van der Waals surface area contributed by atoms with Gasteiger partial charge in [-0.25, -0.2) is 0 Å². The summed E-state index contributed by atoms with van der Waals surface area (Å²) in [6, 6.07) is 18.5. The summed E-state index contributed by atoms with van der Waals surface area (Å²) in [4.78, 5) is 41.2. The number of rotatable bonds is 10. The summed E-state index contributed by atoms with van der Waals surface area (Å²) >= 11 is 1.52. The molecule has 3 amide bonds. The summed E-state index contributed by atoms with van der Waals surface area (Å²) in [7, 11) is 1.54. The van der Waals surface area contributed by atoms with Crippen molar-refractivity contribution in [1.82, 2.24) is 4.90 Å². The van der Waals surface area contributed by atoms with E-state index in [2.05, 4.69) is 5.32 Å². The number of likely N-dealkylation sites (N-methyl/N-ethyl adjacent to an activating group) is 1. The molecule has 0 radical (unpaired) electrons. The topological polar surface area (TPSA) is 93.5 Å². The van der Waals surface area contributed by atoms with Crippen molar-refractivity contribution in [2.24, 2.45) is 0 Å². The number of carbonyl (C=O) groups is 3. The molecular weight excluding hydrogens is 412 g/mol. The molecule has 0 aromatic heterocycles. The van der Waals surface area contributed by atoms with Crippen LogP contribution in [0.25, 0.3) is 0 Å². The van der Waals surface area contributed by atoms with Crippen molar-refractivity contribution in [3.8, 4) is 6.07 Å². The van der Waals surface area contributed by atoms with E-state index in [1.807, 2.05) is 54.8 Å². The molecule has 0 aliphatic heterocycles. The summed E-state index contributed by atoms with van der Waals surface area (Å²) in [6.07, 6.45) is 2.11. The summed E-state index contributed by atoms with van der Waals surface area (Å²) in [5.41, 5.74) is 1.39. The van der Waals surface area contributed by atoms with Gasteiger partial charge in [-0.3, -0.25) is 14.4 Å². The number of benzene rings is 2. The number of nitrogens with one attached hydrogen (secondary N) is 1. The zero-order valence-electron chi connectivity index (χ0n) is 17.7. The van der Waals surface area contributed by atoms with Crippen LogP contribution in [0.5, 0.6) is 0 Å². The predicted molar refractivity (Wildman–Crippen MR) is 123 cm³/mol. The van der Waals surface area contributed by atoms with Gasteiger partial charge >= 0.3 is 0 Å². The molecule has 0 saturated heterocycles. The highest BCUT2D eigenvalue weighted by atomic mass is 32.2. The standard InChI is InChI=1S/C23H26N4O3S/c1-26(17-21(28)25-19-11-6-7-12-20(19)31-2)22(29)13-14-23(30)27(16-8-15-24)18-9-4-3-5-10-18/h3-7,9-12H,8,13-14,16-17H2,1-2H3,(H,25,28). The van der Waals surface area contributed by atoms with Gasteiger partial charge in [-0.05, 0) is 30.5 Å². The van der Waals surface area contributed by atoms with Crippen molar-refractivity contribution < 1.29 is 14.4 Å². The van der Waals surface area contributed by atoms with Crippen LogP contribution in [0.2, 0.25) is 0 Å². The summed E-state index contributed by atoms with van der Waals surface area (Å²) in [5.74, 6) is -0.833. The van der Waals surface area contributed by atoms with Crippen molar-refractivity contribution in [2.45, 2.75) is 24.2 Å². The second kappa shape index (κ2) is 12.4. The molecule has 0 bridgehead atoms. The van der Waals surface area contributed by atoms with Crippen LogP contribution >= 0.6 is 11.8 Å². The third kappa shape index (κ3) is 7.46. The molecule has 0 heterocycles. The highest BCUT2D eigenvalue weighted by molar-refractivity contribution is 7.98. The maximum absolute atomic E-state index is 12.7. The Morgan fingerprint density at radius 1 is 1.00 bits per heavy atom. The third-order valence-electron chi connectivity index (χ3n) is 4.56. The molecule has 7 nitrogen and oxygen atoms in total. The Kier molecular flexibility index (Phi) is 9.59. The molecule has 31 heavy (non-hydrogen) atoms. The molecule has 0 saturated carbocycles. The molecule has 162 valence electrons. The van der Waals surface area contributed by atoms with Gasteiger partial charge in [0, 0.05) is 37.0 Å². The van der Waals surface area contributed by atoms with Crippen LogP contribution in [0, 0.1) is 11.3 Å². The Bertz CT molecular complexity index is 943. The molecule has 1 N–H and O–H groups in total. The zero-order chi connectivity index (χ0) is 22.6. The number of nitriles is 1. The highest BCUT2D eigenvalue weighted by Crippen LogP contribution is 2.24. The first-order valence-electron chi connectivity index (χ1n) is 9.85. The Morgan fingerprint density at radius 3 is 2.32 bits per heavy atom.